The molecule has 1 heterocycles. The van der Waals surface area contributed by atoms with Gasteiger partial charge in [0.05, 0.1) is 0 Å². The van der Waals surface area contributed by atoms with E-state index >= 15 is 0 Å². The Kier molecular flexibility index (Phi) is 4.45. The Labute approximate surface area is 122 Å². The van der Waals surface area contributed by atoms with Gasteiger partial charge in [-0.2, -0.15) is 4.98 Å². The molecule has 0 saturated heterocycles. The molecule has 0 aliphatic carbocycles. The Morgan fingerprint density at radius 2 is 1.74 bits per heavy atom. The van der Waals surface area contributed by atoms with Gasteiger partial charge in [-0.25, -0.2) is 4.98 Å². The normalized spacial score (nSPS) is 10.3. The molecule has 4 nitrogen and oxygen atoms in total. The summed E-state index contributed by atoms with van der Waals surface area (Å²) in [5, 5.41) is 7.40. The Balaban J connectivity index is 2.27. The van der Waals surface area contributed by atoms with E-state index in [9.17, 15) is 0 Å². The molecular formula is C13H14Cl2N4. The first-order valence-electron chi connectivity index (χ1n) is 5.89. The molecule has 0 aliphatic rings. The molecule has 0 saturated carbocycles. The number of halogens is 2. The van der Waals surface area contributed by atoms with Gasteiger partial charge in [-0.3, -0.25) is 0 Å². The molecule has 0 bridgehead atoms. The minimum atomic E-state index is 0.577. The second-order valence-electron chi connectivity index (χ2n) is 4.03. The SMILES string of the molecule is CCNc1nc(C)cc(Nc2cc(Cl)cc(Cl)c2)n1. The topological polar surface area (TPSA) is 49.8 Å². The lowest BCUT2D eigenvalue weighted by atomic mass is 10.3. The van der Waals surface area contributed by atoms with Gasteiger partial charge in [0.15, 0.2) is 0 Å². The van der Waals surface area contributed by atoms with Crippen molar-refractivity contribution >= 4 is 40.7 Å². The number of aromatic nitrogens is 2. The average molecular weight is 297 g/mol. The Hall–Kier alpha value is -1.52. The minimum absolute atomic E-state index is 0.577. The van der Waals surface area contributed by atoms with Gasteiger partial charge in [-0.15, -0.1) is 0 Å². The van der Waals surface area contributed by atoms with Crippen LogP contribution in [0.4, 0.5) is 17.5 Å². The van der Waals surface area contributed by atoms with Crippen LogP contribution in [-0.2, 0) is 0 Å². The lowest BCUT2D eigenvalue weighted by molar-refractivity contribution is 1.05. The molecule has 0 unspecified atom stereocenters. The number of benzene rings is 1. The Morgan fingerprint density at radius 3 is 2.37 bits per heavy atom. The fourth-order valence-electron chi connectivity index (χ4n) is 1.64. The number of rotatable bonds is 4. The van der Waals surface area contributed by atoms with E-state index in [1.807, 2.05) is 19.9 Å². The van der Waals surface area contributed by atoms with Crippen molar-refractivity contribution in [2.24, 2.45) is 0 Å². The van der Waals surface area contributed by atoms with Gasteiger partial charge in [0.25, 0.3) is 0 Å². The van der Waals surface area contributed by atoms with E-state index in [1.54, 1.807) is 18.2 Å². The quantitative estimate of drug-likeness (QED) is 0.885. The second-order valence-corrected chi connectivity index (χ2v) is 4.90. The fraction of sp³-hybridized carbons (Fsp3) is 0.231. The molecule has 0 radical (unpaired) electrons. The number of nitrogens with one attached hydrogen (secondary N) is 2. The van der Waals surface area contributed by atoms with E-state index in [4.69, 9.17) is 23.2 Å². The summed E-state index contributed by atoms with van der Waals surface area (Å²) in [4.78, 5) is 8.64. The number of anilines is 3. The maximum absolute atomic E-state index is 5.96. The molecule has 0 amide bonds. The molecule has 2 aromatic rings. The van der Waals surface area contributed by atoms with Crippen molar-refractivity contribution in [1.82, 2.24) is 9.97 Å². The molecule has 0 fully saturated rings. The standard InChI is InChI=1S/C13H14Cl2N4/c1-3-16-13-17-8(2)4-12(19-13)18-11-6-9(14)5-10(15)7-11/h4-7H,3H2,1-2H3,(H2,16,17,18,19). The van der Waals surface area contributed by atoms with Crippen LogP contribution in [0.5, 0.6) is 0 Å². The van der Waals surface area contributed by atoms with Crippen LogP contribution in [0.25, 0.3) is 0 Å². The highest BCUT2D eigenvalue weighted by Crippen LogP contribution is 2.25. The maximum atomic E-state index is 5.96. The fourth-order valence-corrected chi connectivity index (χ4v) is 2.17. The van der Waals surface area contributed by atoms with Crippen molar-refractivity contribution < 1.29 is 0 Å². The van der Waals surface area contributed by atoms with E-state index < -0.39 is 0 Å². The first-order chi connectivity index (χ1) is 9.06. The maximum Gasteiger partial charge on any atom is 0.224 e. The zero-order valence-electron chi connectivity index (χ0n) is 10.7. The monoisotopic (exact) mass is 296 g/mol. The largest absolute Gasteiger partial charge is 0.354 e. The minimum Gasteiger partial charge on any atom is -0.354 e. The number of aryl methyl sites for hydroxylation is 1. The third-order valence-corrected chi connectivity index (χ3v) is 2.76. The smallest absolute Gasteiger partial charge is 0.224 e. The van der Waals surface area contributed by atoms with Crippen molar-refractivity contribution in [3.63, 3.8) is 0 Å². The highest BCUT2D eigenvalue weighted by molar-refractivity contribution is 6.35. The van der Waals surface area contributed by atoms with Crippen LogP contribution >= 0.6 is 23.2 Å². The third kappa shape index (κ3) is 3.98. The van der Waals surface area contributed by atoms with Gasteiger partial charge in [-0.1, -0.05) is 23.2 Å². The van der Waals surface area contributed by atoms with Crippen LogP contribution in [0, 0.1) is 6.92 Å². The first-order valence-corrected chi connectivity index (χ1v) is 6.65. The zero-order chi connectivity index (χ0) is 13.8. The molecule has 0 aliphatic heterocycles. The van der Waals surface area contributed by atoms with Crippen LogP contribution in [0.15, 0.2) is 24.3 Å². The van der Waals surface area contributed by atoms with Crippen molar-refractivity contribution in [2.75, 3.05) is 17.2 Å². The van der Waals surface area contributed by atoms with Gasteiger partial charge in [0.1, 0.15) is 5.82 Å². The third-order valence-electron chi connectivity index (χ3n) is 2.32. The van der Waals surface area contributed by atoms with E-state index in [1.165, 1.54) is 0 Å². The van der Waals surface area contributed by atoms with E-state index in [0.717, 1.165) is 17.9 Å². The van der Waals surface area contributed by atoms with Crippen LogP contribution in [0.1, 0.15) is 12.6 Å². The number of hydrogen-bond acceptors (Lipinski definition) is 4. The lowest BCUT2D eigenvalue weighted by Crippen LogP contribution is -2.05. The molecule has 6 heteroatoms. The van der Waals surface area contributed by atoms with Gasteiger partial charge in [0.2, 0.25) is 5.95 Å². The summed E-state index contributed by atoms with van der Waals surface area (Å²) in [6.45, 7) is 4.68. The van der Waals surface area contributed by atoms with Gasteiger partial charge in [0, 0.05) is 34.0 Å². The molecular weight excluding hydrogens is 283 g/mol. The number of hydrogen-bond donors (Lipinski definition) is 2. The van der Waals surface area contributed by atoms with Crippen molar-refractivity contribution in [3.05, 3.63) is 40.0 Å². The van der Waals surface area contributed by atoms with E-state index in [2.05, 4.69) is 20.6 Å². The van der Waals surface area contributed by atoms with E-state index in [-0.39, 0.29) is 0 Å². The molecule has 2 rings (SSSR count). The van der Waals surface area contributed by atoms with Gasteiger partial charge in [-0.05, 0) is 32.0 Å². The molecule has 100 valence electrons. The second kappa shape index (κ2) is 6.08. The summed E-state index contributed by atoms with van der Waals surface area (Å²) in [5.74, 6) is 1.29. The van der Waals surface area contributed by atoms with Crippen molar-refractivity contribution in [1.29, 1.82) is 0 Å². The van der Waals surface area contributed by atoms with Gasteiger partial charge >= 0.3 is 0 Å². The van der Waals surface area contributed by atoms with Crippen LogP contribution < -0.4 is 10.6 Å². The predicted molar refractivity (Wildman–Crippen MR) is 80.7 cm³/mol. The molecule has 2 N–H and O–H groups in total. The Morgan fingerprint density at radius 1 is 1.05 bits per heavy atom. The molecule has 0 spiro atoms. The zero-order valence-corrected chi connectivity index (χ0v) is 12.2. The van der Waals surface area contributed by atoms with Crippen LogP contribution in [-0.4, -0.2) is 16.5 Å². The summed E-state index contributed by atoms with van der Waals surface area (Å²) in [5.41, 5.74) is 1.67. The highest BCUT2D eigenvalue weighted by atomic mass is 35.5. The van der Waals surface area contributed by atoms with Crippen LogP contribution in [0.2, 0.25) is 10.0 Å². The summed E-state index contributed by atoms with van der Waals surface area (Å²) in [6, 6.07) is 7.12. The van der Waals surface area contributed by atoms with Crippen LogP contribution in [0.3, 0.4) is 0 Å². The van der Waals surface area contributed by atoms with Gasteiger partial charge < -0.3 is 10.6 Å². The van der Waals surface area contributed by atoms with E-state index in [0.29, 0.717) is 21.8 Å². The first kappa shape index (κ1) is 13.9. The summed E-state index contributed by atoms with van der Waals surface area (Å²) in [7, 11) is 0. The molecule has 0 atom stereocenters. The summed E-state index contributed by atoms with van der Waals surface area (Å²) >= 11 is 11.9. The Bertz CT molecular complexity index is 567. The molecule has 19 heavy (non-hydrogen) atoms. The summed E-state index contributed by atoms with van der Waals surface area (Å²) in [6.07, 6.45) is 0. The molecule has 1 aromatic carbocycles. The lowest BCUT2D eigenvalue weighted by Gasteiger charge is -2.09. The number of nitrogens with zero attached hydrogens (tertiary/aromatic N) is 2. The molecule has 1 aromatic heterocycles. The highest BCUT2D eigenvalue weighted by Gasteiger charge is 2.03. The summed E-state index contributed by atoms with van der Waals surface area (Å²) < 4.78 is 0. The van der Waals surface area contributed by atoms with Crippen molar-refractivity contribution in [2.45, 2.75) is 13.8 Å². The average Bonchev–Trinajstić information content (AvgIpc) is 2.26. The predicted octanol–water partition coefficient (Wildman–Crippen LogP) is 4.27. The van der Waals surface area contributed by atoms with Crippen molar-refractivity contribution in [3.8, 4) is 0 Å².